The SMILES string of the molecule is CCOc1cccc(NCCNc2cc(C)cc(C)c2)c1. The van der Waals surface area contributed by atoms with Gasteiger partial charge in [0.25, 0.3) is 0 Å². The first-order valence-electron chi connectivity index (χ1n) is 7.46. The van der Waals surface area contributed by atoms with Crippen molar-refractivity contribution in [2.45, 2.75) is 20.8 Å². The Hall–Kier alpha value is -2.16. The summed E-state index contributed by atoms with van der Waals surface area (Å²) in [6.45, 7) is 8.67. The summed E-state index contributed by atoms with van der Waals surface area (Å²) in [5.41, 5.74) is 4.84. The molecule has 2 aromatic carbocycles. The molecule has 0 saturated heterocycles. The first-order chi connectivity index (χ1) is 10.2. The summed E-state index contributed by atoms with van der Waals surface area (Å²) in [5.74, 6) is 0.907. The molecule has 0 amide bonds. The van der Waals surface area contributed by atoms with Crippen LogP contribution < -0.4 is 15.4 Å². The molecule has 21 heavy (non-hydrogen) atoms. The molecule has 0 aliphatic rings. The first-order valence-corrected chi connectivity index (χ1v) is 7.46. The monoisotopic (exact) mass is 284 g/mol. The highest BCUT2D eigenvalue weighted by atomic mass is 16.5. The van der Waals surface area contributed by atoms with Crippen LogP contribution in [0.3, 0.4) is 0 Å². The number of anilines is 2. The maximum atomic E-state index is 5.49. The third-order valence-electron chi connectivity index (χ3n) is 3.15. The lowest BCUT2D eigenvalue weighted by Crippen LogP contribution is -2.13. The van der Waals surface area contributed by atoms with Crippen LogP contribution in [0.15, 0.2) is 42.5 Å². The van der Waals surface area contributed by atoms with E-state index in [1.165, 1.54) is 16.8 Å². The lowest BCUT2D eigenvalue weighted by molar-refractivity contribution is 0.340. The zero-order valence-corrected chi connectivity index (χ0v) is 13.1. The van der Waals surface area contributed by atoms with E-state index >= 15 is 0 Å². The fourth-order valence-corrected chi connectivity index (χ4v) is 2.35. The van der Waals surface area contributed by atoms with Crippen molar-refractivity contribution in [3.8, 4) is 5.75 Å². The van der Waals surface area contributed by atoms with Crippen LogP contribution in [0.1, 0.15) is 18.1 Å². The fourth-order valence-electron chi connectivity index (χ4n) is 2.35. The molecule has 2 aromatic rings. The molecule has 0 bridgehead atoms. The first kappa shape index (κ1) is 15.2. The van der Waals surface area contributed by atoms with Gasteiger partial charge in [0.05, 0.1) is 6.61 Å². The third kappa shape index (κ3) is 5.03. The Morgan fingerprint density at radius 1 is 0.857 bits per heavy atom. The van der Waals surface area contributed by atoms with Crippen molar-refractivity contribution >= 4 is 11.4 Å². The second-order valence-corrected chi connectivity index (χ2v) is 5.19. The van der Waals surface area contributed by atoms with Crippen molar-refractivity contribution in [3.63, 3.8) is 0 Å². The van der Waals surface area contributed by atoms with Gasteiger partial charge in [-0.1, -0.05) is 12.1 Å². The predicted molar refractivity (Wildman–Crippen MR) is 90.5 cm³/mol. The third-order valence-corrected chi connectivity index (χ3v) is 3.15. The normalized spacial score (nSPS) is 10.2. The van der Waals surface area contributed by atoms with Gasteiger partial charge in [-0.3, -0.25) is 0 Å². The van der Waals surface area contributed by atoms with Crippen LogP contribution in [0.2, 0.25) is 0 Å². The van der Waals surface area contributed by atoms with Crippen LogP contribution >= 0.6 is 0 Å². The van der Waals surface area contributed by atoms with Gasteiger partial charge in [-0.25, -0.2) is 0 Å². The molecule has 0 heterocycles. The number of ether oxygens (including phenoxy) is 1. The number of aryl methyl sites for hydroxylation is 2. The second kappa shape index (κ2) is 7.58. The summed E-state index contributed by atoms with van der Waals surface area (Å²) >= 11 is 0. The average molecular weight is 284 g/mol. The van der Waals surface area contributed by atoms with E-state index < -0.39 is 0 Å². The van der Waals surface area contributed by atoms with E-state index in [0.29, 0.717) is 6.61 Å². The van der Waals surface area contributed by atoms with Crippen LogP contribution in [-0.2, 0) is 0 Å². The second-order valence-electron chi connectivity index (χ2n) is 5.19. The quantitative estimate of drug-likeness (QED) is 0.747. The Kier molecular flexibility index (Phi) is 5.50. The van der Waals surface area contributed by atoms with Gasteiger partial charge in [0.1, 0.15) is 5.75 Å². The van der Waals surface area contributed by atoms with Gasteiger partial charge in [0.2, 0.25) is 0 Å². The lowest BCUT2D eigenvalue weighted by Gasteiger charge is -2.11. The van der Waals surface area contributed by atoms with E-state index in [1.807, 2.05) is 25.1 Å². The molecule has 0 aliphatic carbocycles. The molecular formula is C18H24N2O. The van der Waals surface area contributed by atoms with Gasteiger partial charge in [-0.05, 0) is 56.2 Å². The number of nitrogens with one attached hydrogen (secondary N) is 2. The van der Waals surface area contributed by atoms with E-state index in [4.69, 9.17) is 4.74 Å². The molecule has 0 fully saturated rings. The standard InChI is InChI=1S/C18H24N2O/c1-4-21-18-7-5-6-16(13-18)19-8-9-20-17-11-14(2)10-15(3)12-17/h5-7,10-13,19-20H,4,8-9H2,1-3H3. The Morgan fingerprint density at radius 3 is 2.19 bits per heavy atom. The van der Waals surface area contributed by atoms with E-state index in [-0.39, 0.29) is 0 Å². The largest absolute Gasteiger partial charge is 0.494 e. The summed E-state index contributed by atoms with van der Waals surface area (Å²) in [5, 5.41) is 6.84. The van der Waals surface area contributed by atoms with E-state index in [0.717, 1.165) is 24.5 Å². The maximum Gasteiger partial charge on any atom is 0.121 e. The number of benzene rings is 2. The van der Waals surface area contributed by atoms with Crippen molar-refractivity contribution in [1.82, 2.24) is 0 Å². The molecule has 3 heteroatoms. The number of hydrogen-bond donors (Lipinski definition) is 2. The molecule has 0 spiro atoms. The molecule has 0 unspecified atom stereocenters. The summed E-state index contributed by atoms with van der Waals surface area (Å²) in [6, 6.07) is 14.6. The summed E-state index contributed by atoms with van der Waals surface area (Å²) in [4.78, 5) is 0. The zero-order chi connectivity index (χ0) is 15.1. The highest BCUT2D eigenvalue weighted by Crippen LogP contribution is 2.17. The molecule has 0 aromatic heterocycles. The smallest absolute Gasteiger partial charge is 0.121 e. The average Bonchev–Trinajstić information content (AvgIpc) is 2.43. The highest BCUT2D eigenvalue weighted by molar-refractivity contribution is 5.50. The summed E-state index contributed by atoms with van der Waals surface area (Å²) in [6.07, 6.45) is 0. The summed E-state index contributed by atoms with van der Waals surface area (Å²) < 4.78 is 5.49. The van der Waals surface area contributed by atoms with Crippen LogP contribution in [0.5, 0.6) is 5.75 Å². The fraction of sp³-hybridized carbons (Fsp3) is 0.333. The van der Waals surface area contributed by atoms with Gasteiger partial charge in [-0.2, -0.15) is 0 Å². The van der Waals surface area contributed by atoms with Crippen molar-refractivity contribution in [2.75, 3.05) is 30.3 Å². The van der Waals surface area contributed by atoms with E-state index in [9.17, 15) is 0 Å². The topological polar surface area (TPSA) is 33.3 Å². The maximum absolute atomic E-state index is 5.49. The van der Waals surface area contributed by atoms with E-state index in [2.05, 4.69) is 48.7 Å². The lowest BCUT2D eigenvalue weighted by atomic mass is 10.1. The van der Waals surface area contributed by atoms with E-state index in [1.54, 1.807) is 0 Å². The summed E-state index contributed by atoms with van der Waals surface area (Å²) in [7, 11) is 0. The van der Waals surface area contributed by atoms with Crippen molar-refractivity contribution in [1.29, 1.82) is 0 Å². The molecule has 2 rings (SSSR count). The Balaban J connectivity index is 1.80. The molecule has 3 nitrogen and oxygen atoms in total. The number of rotatable bonds is 7. The van der Waals surface area contributed by atoms with Gasteiger partial charge in [0.15, 0.2) is 0 Å². The Morgan fingerprint density at radius 2 is 1.52 bits per heavy atom. The van der Waals surface area contributed by atoms with Gasteiger partial charge >= 0.3 is 0 Å². The molecule has 0 saturated carbocycles. The minimum Gasteiger partial charge on any atom is -0.494 e. The van der Waals surface area contributed by atoms with Crippen LogP contribution in [-0.4, -0.2) is 19.7 Å². The van der Waals surface area contributed by atoms with Gasteiger partial charge in [-0.15, -0.1) is 0 Å². The van der Waals surface area contributed by atoms with Gasteiger partial charge in [0, 0.05) is 30.5 Å². The highest BCUT2D eigenvalue weighted by Gasteiger charge is 1.97. The number of hydrogen-bond acceptors (Lipinski definition) is 3. The van der Waals surface area contributed by atoms with Crippen LogP contribution in [0.4, 0.5) is 11.4 Å². The molecule has 0 radical (unpaired) electrons. The van der Waals surface area contributed by atoms with Crippen LogP contribution in [0.25, 0.3) is 0 Å². The van der Waals surface area contributed by atoms with Crippen molar-refractivity contribution < 1.29 is 4.74 Å². The molecule has 2 N–H and O–H groups in total. The molecule has 0 atom stereocenters. The molecular weight excluding hydrogens is 260 g/mol. The minimum atomic E-state index is 0.692. The Labute approximate surface area is 127 Å². The van der Waals surface area contributed by atoms with Gasteiger partial charge < -0.3 is 15.4 Å². The van der Waals surface area contributed by atoms with Crippen LogP contribution in [0, 0.1) is 13.8 Å². The van der Waals surface area contributed by atoms with Crippen molar-refractivity contribution in [3.05, 3.63) is 53.6 Å². The molecule has 112 valence electrons. The Bertz CT molecular complexity index is 561. The molecule has 0 aliphatic heterocycles. The minimum absolute atomic E-state index is 0.692. The zero-order valence-electron chi connectivity index (χ0n) is 13.1. The predicted octanol–water partition coefficient (Wildman–Crippen LogP) is 4.23. The van der Waals surface area contributed by atoms with Crippen molar-refractivity contribution in [2.24, 2.45) is 0 Å².